The number of para-hydroxylation sites is 2. The first-order chi connectivity index (χ1) is 15.7. The Labute approximate surface area is 195 Å². The summed E-state index contributed by atoms with van der Waals surface area (Å²) in [4.78, 5) is 15.9. The van der Waals surface area contributed by atoms with Crippen molar-refractivity contribution in [2.24, 2.45) is 5.92 Å². The van der Waals surface area contributed by atoms with Crippen LogP contribution in [0.4, 0.5) is 5.69 Å². The fourth-order valence-electron chi connectivity index (χ4n) is 4.63. The van der Waals surface area contributed by atoms with Crippen molar-refractivity contribution < 1.29 is 23.1 Å². The van der Waals surface area contributed by atoms with Gasteiger partial charge in [0.15, 0.2) is 0 Å². The third-order valence-corrected chi connectivity index (χ3v) is 7.94. The van der Waals surface area contributed by atoms with Crippen LogP contribution in [-0.2, 0) is 10.0 Å². The summed E-state index contributed by atoms with van der Waals surface area (Å²) in [6.07, 6.45) is 2.00. The molecule has 1 fully saturated rings. The predicted molar refractivity (Wildman–Crippen MR) is 127 cm³/mol. The SMILES string of the molecule is CN(C)CCCCN(C)c1ccccc1S(=O)(=O)NC1C2COc3c(C(=O)O)cccc3C21. The summed E-state index contributed by atoms with van der Waals surface area (Å²) >= 11 is 0. The van der Waals surface area contributed by atoms with Crippen LogP contribution in [-0.4, -0.2) is 71.3 Å². The molecule has 33 heavy (non-hydrogen) atoms. The largest absolute Gasteiger partial charge is 0.492 e. The highest BCUT2D eigenvalue weighted by molar-refractivity contribution is 7.89. The van der Waals surface area contributed by atoms with E-state index in [9.17, 15) is 18.3 Å². The van der Waals surface area contributed by atoms with Gasteiger partial charge >= 0.3 is 5.97 Å². The monoisotopic (exact) mass is 473 g/mol. The van der Waals surface area contributed by atoms with Gasteiger partial charge in [-0.3, -0.25) is 0 Å². The Morgan fingerprint density at radius 3 is 2.55 bits per heavy atom. The van der Waals surface area contributed by atoms with Gasteiger partial charge in [0.1, 0.15) is 16.2 Å². The Hall–Kier alpha value is -2.62. The molecule has 2 aromatic carbocycles. The molecule has 2 aliphatic rings. The van der Waals surface area contributed by atoms with Crippen molar-refractivity contribution in [1.82, 2.24) is 9.62 Å². The van der Waals surface area contributed by atoms with Crippen molar-refractivity contribution in [2.75, 3.05) is 45.7 Å². The van der Waals surface area contributed by atoms with E-state index in [1.165, 1.54) is 6.07 Å². The fraction of sp³-hybridized carbons (Fsp3) is 0.458. The predicted octanol–water partition coefficient (Wildman–Crippen LogP) is 2.62. The van der Waals surface area contributed by atoms with Gasteiger partial charge in [0.25, 0.3) is 0 Å². The number of benzene rings is 2. The molecule has 3 unspecified atom stereocenters. The molecule has 1 aliphatic heterocycles. The van der Waals surface area contributed by atoms with E-state index in [1.807, 2.05) is 44.2 Å². The topological polar surface area (TPSA) is 99.2 Å². The zero-order valence-electron chi connectivity index (χ0n) is 19.2. The van der Waals surface area contributed by atoms with Crippen LogP contribution in [0.1, 0.15) is 34.7 Å². The summed E-state index contributed by atoms with van der Waals surface area (Å²) in [6, 6.07) is 11.7. The lowest BCUT2D eigenvalue weighted by Gasteiger charge is -2.23. The van der Waals surface area contributed by atoms with E-state index in [0.29, 0.717) is 18.0 Å². The number of hydrogen-bond donors (Lipinski definition) is 2. The van der Waals surface area contributed by atoms with Crippen LogP contribution in [0.2, 0.25) is 0 Å². The maximum Gasteiger partial charge on any atom is 0.339 e. The maximum atomic E-state index is 13.4. The minimum Gasteiger partial charge on any atom is -0.492 e. The molecule has 0 spiro atoms. The van der Waals surface area contributed by atoms with Crippen LogP contribution in [0.3, 0.4) is 0 Å². The van der Waals surface area contributed by atoms with E-state index in [0.717, 1.165) is 31.5 Å². The van der Waals surface area contributed by atoms with Crippen molar-refractivity contribution in [1.29, 1.82) is 0 Å². The molecule has 1 heterocycles. The van der Waals surface area contributed by atoms with Crippen LogP contribution in [0.25, 0.3) is 0 Å². The third-order valence-electron chi connectivity index (χ3n) is 6.43. The number of anilines is 1. The molecule has 1 aliphatic carbocycles. The van der Waals surface area contributed by atoms with Gasteiger partial charge in [-0.25, -0.2) is 17.9 Å². The molecular weight excluding hydrogens is 442 g/mol. The molecule has 0 saturated heterocycles. The first kappa shape index (κ1) is 23.5. The number of fused-ring (bicyclic) bond motifs is 3. The Bertz CT molecular complexity index is 1130. The van der Waals surface area contributed by atoms with E-state index in [2.05, 4.69) is 9.62 Å². The number of aromatic carboxylic acids is 1. The second kappa shape index (κ2) is 9.32. The first-order valence-electron chi connectivity index (χ1n) is 11.2. The molecule has 178 valence electrons. The average molecular weight is 474 g/mol. The number of nitrogens with zero attached hydrogens (tertiary/aromatic N) is 2. The van der Waals surface area contributed by atoms with Crippen LogP contribution < -0.4 is 14.4 Å². The zero-order valence-corrected chi connectivity index (χ0v) is 20.0. The molecule has 0 amide bonds. The molecule has 0 aromatic heterocycles. The number of unbranched alkanes of at least 4 members (excludes halogenated alkanes) is 1. The minimum atomic E-state index is -3.78. The van der Waals surface area contributed by atoms with Crippen LogP contribution in [0, 0.1) is 5.92 Å². The number of ether oxygens (including phenoxy) is 1. The van der Waals surface area contributed by atoms with Gasteiger partial charge in [0.05, 0.1) is 12.3 Å². The Morgan fingerprint density at radius 2 is 1.82 bits per heavy atom. The third kappa shape index (κ3) is 4.85. The maximum absolute atomic E-state index is 13.4. The van der Waals surface area contributed by atoms with Crippen molar-refractivity contribution in [3.8, 4) is 5.75 Å². The van der Waals surface area contributed by atoms with E-state index < -0.39 is 16.0 Å². The number of nitrogens with one attached hydrogen (secondary N) is 1. The smallest absolute Gasteiger partial charge is 0.339 e. The summed E-state index contributed by atoms with van der Waals surface area (Å²) in [6.45, 7) is 2.05. The van der Waals surface area contributed by atoms with Gasteiger partial charge in [-0.2, -0.15) is 0 Å². The van der Waals surface area contributed by atoms with Crippen molar-refractivity contribution in [2.45, 2.75) is 29.7 Å². The summed E-state index contributed by atoms with van der Waals surface area (Å²) in [5, 5.41) is 9.43. The molecule has 9 heteroatoms. The number of hydrogen-bond acceptors (Lipinski definition) is 6. The lowest BCUT2D eigenvalue weighted by molar-refractivity contribution is 0.0691. The normalized spacial score (nSPS) is 21.2. The molecule has 0 radical (unpaired) electrons. The van der Waals surface area contributed by atoms with Crippen LogP contribution in [0.5, 0.6) is 5.75 Å². The van der Waals surface area contributed by atoms with Crippen LogP contribution in [0.15, 0.2) is 47.4 Å². The highest BCUT2D eigenvalue weighted by Crippen LogP contribution is 2.55. The van der Waals surface area contributed by atoms with Gasteiger partial charge in [0.2, 0.25) is 10.0 Å². The molecular formula is C24H31N3O5S. The van der Waals surface area contributed by atoms with Gasteiger partial charge in [0, 0.05) is 37.0 Å². The molecule has 3 atom stereocenters. The number of carboxylic acid groups (broad SMARTS) is 1. The molecule has 2 aromatic rings. The van der Waals surface area contributed by atoms with Crippen molar-refractivity contribution in [3.05, 3.63) is 53.6 Å². The summed E-state index contributed by atoms with van der Waals surface area (Å²) in [5.74, 6) is -0.789. The number of carbonyl (C=O) groups is 1. The van der Waals surface area contributed by atoms with E-state index in [1.54, 1.807) is 18.2 Å². The molecule has 1 saturated carbocycles. The summed E-state index contributed by atoms with van der Waals surface area (Å²) < 4.78 is 35.4. The first-order valence-corrected chi connectivity index (χ1v) is 12.6. The molecule has 4 rings (SSSR count). The number of sulfonamides is 1. The van der Waals surface area contributed by atoms with Gasteiger partial charge in [-0.05, 0) is 51.7 Å². The highest BCUT2D eigenvalue weighted by Gasteiger charge is 2.57. The standard InChI is InChI=1S/C24H31N3O5S/c1-26(2)13-6-7-14-27(3)19-11-4-5-12-20(19)33(30,31)25-22-18-15-32-23-16(21(18)22)9-8-10-17(23)24(28)29/h4-5,8-12,18,21-22,25H,6-7,13-15H2,1-3H3,(H,28,29). The zero-order chi connectivity index (χ0) is 23.8. The van der Waals surface area contributed by atoms with Crippen molar-refractivity contribution in [3.63, 3.8) is 0 Å². The number of rotatable bonds is 10. The fourth-order valence-corrected chi connectivity index (χ4v) is 6.20. The van der Waals surface area contributed by atoms with Gasteiger partial charge in [-0.15, -0.1) is 0 Å². The van der Waals surface area contributed by atoms with Crippen molar-refractivity contribution >= 4 is 21.7 Å². The molecule has 2 N–H and O–H groups in total. The quantitative estimate of drug-likeness (QED) is 0.512. The second-order valence-electron chi connectivity index (χ2n) is 9.08. The highest BCUT2D eigenvalue weighted by atomic mass is 32.2. The Kier molecular flexibility index (Phi) is 6.65. The average Bonchev–Trinajstić information content (AvgIpc) is 3.48. The van der Waals surface area contributed by atoms with Crippen LogP contribution >= 0.6 is 0 Å². The molecule has 8 nitrogen and oxygen atoms in total. The Balaban J connectivity index is 1.50. The second-order valence-corrected chi connectivity index (χ2v) is 10.8. The van der Waals surface area contributed by atoms with E-state index in [4.69, 9.17) is 4.74 Å². The minimum absolute atomic E-state index is 0.00718. The summed E-state index contributed by atoms with van der Waals surface area (Å²) in [7, 11) is 2.22. The molecule has 0 bridgehead atoms. The summed E-state index contributed by atoms with van der Waals surface area (Å²) in [5.41, 5.74) is 1.54. The number of carboxylic acids is 1. The van der Waals surface area contributed by atoms with E-state index in [-0.39, 0.29) is 28.3 Å². The van der Waals surface area contributed by atoms with Gasteiger partial charge in [-0.1, -0.05) is 24.3 Å². The van der Waals surface area contributed by atoms with E-state index >= 15 is 0 Å². The lowest BCUT2D eigenvalue weighted by atomic mass is 10.0. The lowest BCUT2D eigenvalue weighted by Crippen LogP contribution is -2.30. The van der Waals surface area contributed by atoms with Gasteiger partial charge < -0.3 is 19.6 Å². The Morgan fingerprint density at radius 1 is 1.09 bits per heavy atom.